The minimum Gasteiger partial charge on any atom is -0.497 e. The van der Waals surface area contributed by atoms with Gasteiger partial charge in [-0.15, -0.1) is 0 Å². The number of hydrogen-bond donors (Lipinski definition) is 2. The minimum atomic E-state index is -0.277. The molecule has 0 saturated carbocycles. The molecule has 11 heteroatoms. The quantitative estimate of drug-likeness (QED) is 0.349. The molecule has 1 saturated heterocycles. The maximum Gasteiger partial charge on any atom is 0.273 e. The maximum absolute atomic E-state index is 13.1. The molecule has 2 aromatic heterocycles. The van der Waals surface area contributed by atoms with E-state index in [0.717, 1.165) is 30.0 Å². The van der Waals surface area contributed by atoms with E-state index in [1.807, 2.05) is 55.5 Å². The van der Waals surface area contributed by atoms with Crippen molar-refractivity contribution in [1.29, 1.82) is 0 Å². The number of rotatable bonds is 8. The number of aromatic nitrogens is 4. The zero-order valence-corrected chi connectivity index (χ0v) is 22.4. The normalized spacial score (nSPS) is 13.2. The first-order valence-electron chi connectivity index (χ1n) is 12.6. The smallest absolute Gasteiger partial charge is 0.273 e. The molecule has 0 atom stereocenters. The van der Waals surface area contributed by atoms with Crippen LogP contribution in [0.2, 0.25) is 0 Å². The van der Waals surface area contributed by atoms with E-state index < -0.39 is 0 Å². The third-order valence-corrected chi connectivity index (χ3v) is 6.35. The number of carbonyl (C=O) groups excluding carboxylic acids is 1. The molecule has 11 nitrogen and oxygen atoms in total. The summed E-state index contributed by atoms with van der Waals surface area (Å²) in [6.07, 6.45) is 0. The van der Waals surface area contributed by atoms with Gasteiger partial charge in [-0.05, 0) is 55.5 Å². The highest BCUT2D eigenvalue weighted by Crippen LogP contribution is 2.33. The number of benzene rings is 2. The molecule has 5 rings (SSSR count). The number of ether oxygens (including phenoxy) is 3. The van der Waals surface area contributed by atoms with Gasteiger partial charge in [0.1, 0.15) is 23.0 Å². The Labute approximate surface area is 226 Å². The average Bonchev–Trinajstić information content (AvgIpc) is 3.35. The van der Waals surface area contributed by atoms with Crippen molar-refractivity contribution in [2.75, 3.05) is 56.1 Å². The summed E-state index contributed by atoms with van der Waals surface area (Å²) in [5.74, 6) is 2.42. The van der Waals surface area contributed by atoms with Gasteiger partial charge in [0.25, 0.3) is 5.91 Å². The lowest BCUT2D eigenvalue weighted by Crippen LogP contribution is -2.37. The lowest BCUT2D eigenvalue weighted by molar-refractivity contribution is 0.101. The molecular weight excluding hydrogens is 498 g/mol. The molecule has 0 spiro atoms. The van der Waals surface area contributed by atoms with E-state index >= 15 is 0 Å². The van der Waals surface area contributed by atoms with Crippen molar-refractivity contribution < 1.29 is 19.0 Å². The van der Waals surface area contributed by atoms with Crippen molar-refractivity contribution in [2.45, 2.75) is 6.92 Å². The molecule has 0 bridgehead atoms. The van der Waals surface area contributed by atoms with E-state index in [9.17, 15) is 4.79 Å². The number of morpholine rings is 1. The topological polar surface area (TPSA) is 116 Å². The minimum absolute atomic E-state index is 0.277. The van der Waals surface area contributed by atoms with Crippen LogP contribution >= 0.6 is 0 Å². The van der Waals surface area contributed by atoms with Crippen LogP contribution in [0.4, 0.5) is 23.1 Å². The van der Waals surface area contributed by atoms with Gasteiger partial charge in [0.15, 0.2) is 0 Å². The van der Waals surface area contributed by atoms with Crippen LogP contribution in [0.1, 0.15) is 16.2 Å². The Bertz CT molecular complexity index is 1460. The fourth-order valence-electron chi connectivity index (χ4n) is 4.33. The van der Waals surface area contributed by atoms with Gasteiger partial charge in [-0.3, -0.25) is 9.48 Å². The molecule has 0 aliphatic carbocycles. The van der Waals surface area contributed by atoms with E-state index in [-0.39, 0.29) is 5.91 Å². The first-order chi connectivity index (χ1) is 18.9. The van der Waals surface area contributed by atoms with Crippen molar-refractivity contribution >= 4 is 29.0 Å². The molecule has 1 aliphatic rings. The zero-order valence-electron chi connectivity index (χ0n) is 22.4. The van der Waals surface area contributed by atoms with Crippen LogP contribution in [0.3, 0.4) is 0 Å². The van der Waals surface area contributed by atoms with E-state index in [1.165, 1.54) is 0 Å². The number of anilines is 4. The predicted octanol–water partition coefficient (Wildman–Crippen LogP) is 4.04. The molecule has 1 aliphatic heterocycles. The summed E-state index contributed by atoms with van der Waals surface area (Å²) in [7, 11) is 4.92. The van der Waals surface area contributed by atoms with Gasteiger partial charge < -0.3 is 29.7 Å². The Kier molecular flexibility index (Phi) is 7.60. The summed E-state index contributed by atoms with van der Waals surface area (Å²) in [6.45, 7) is 4.82. The van der Waals surface area contributed by atoms with Crippen molar-refractivity contribution in [2.24, 2.45) is 7.05 Å². The van der Waals surface area contributed by atoms with E-state index in [1.54, 1.807) is 32.0 Å². The van der Waals surface area contributed by atoms with E-state index in [2.05, 4.69) is 30.6 Å². The molecule has 0 radical (unpaired) electrons. The lowest BCUT2D eigenvalue weighted by Gasteiger charge is -2.27. The standard InChI is InChI=1S/C28H31N7O4/c1-18-15-26(32-28(29-18)35-11-13-39-14-12-35)30-19-5-7-20(8-6-19)31-27(36)24-17-23(33-34(24)2)22-16-21(37-3)9-10-25(22)38-4/h5-10,15-17H,11-14H2,1-4H3,(H,31,36)(H,29,30,32). The summed E-state index contributed by atoms with van der Waals surface area (Å²) in [5, 5.41) is 10.8. The highest BCUT2D eigenvalue weighted by atomic mass is 16.5. The Hall–Kier alpha value is -4.64. The molecule has 39 heavy (non-hydrogen) atoms. The number of aryl methyl sites for hydroxylation is 2. The first-order valence-corrected chi connectivity index (χ1v) is 12.6. The molecule has 1 fully saturated rings. The summed E-state index contributed by atoms with van der Waals surface area (Å²) in [5.41, 5.74) is 4.12. The highest BCUT2D eigenvalue weighted by Gasteiger charge is 2.18. The van der Waals surface area contributed by atoms with Crippen LogP contribution in [-0.4, -0.2) is 66.2 Å². The molecule has 202 valence electrons. The van der Waals surface area contributed by atoms with Crippen LogP contribution in [-0.2, 0) is 11.8 Å². The molecule has 1 amide bonds. The Morgan fingerprint density at radius 3 is 2.41 bits per heavy atom. The van der Waals surface area contributed by atoms with Crippen LogP contribution < -0.4 is 25.0 Å². The van der Waals surface area contributed by atoms with E-state index in [0.29, 0.717) is 53.6 Å². The average molecular weight is 530 g/mol. The van der Waals surface area contributed by atoms with Crippen molar-refractivity contribution in [1.82, 2.24) is 19.7 Å². The summed E-state index contributed by atoms with van der Waals surface area (Å²) in [4.78, 5) is 24.5. The zero-order chi connectivity index (χ0) is 27.4. The molecule has 3 heterocycles. The number of carbonyl (C=O) groups is 1. The van der Waals surface area contributed by atoms with Gasteiger partial charge in [-0.2, -0.15) is 10.1 Å². The van der Waals surface area contributed by atoms with Crippen molar-refractivity contribution in [3.63, 3.8) is 0 Å². The van der Waals surface area contributed by atoms with Crippen LogP contribution in [0.5, 0.6) is 11.5 Å². The Morgan fingerprint density at radius 1 is 0.949 bits per heavy atom. The van der Waals surface area contributed by atoms with Gasteiger partial charge in [0, 0.05) is 48.8 Å². The second kappa shape index (κ2) is 11.4. The van der Waals surface area contributed by atoms with Gasteiger partial charge >= 0.3 is 0 Å². The molecule has 4 aromatic rings. The molecular formula is C28H31N7O4. The van der Waals surface area contributed by atoms with Crippen LogP contribution in [0, 0.1) is 6.92 Å². The summed E-state index contributed by atoms with van der Waals surface area (Å²) < 4.78 is 17.8. The van der Waals surface area contributed by atoms with Gasteiger partial charge in [-0.1, -0.05) is 0 Å². The third kappa shape index (κ3) is 5.93. The first kappa shape index (κ1) is 26.0. The molecule has 2 N–H and O–H groups in total. The highest BCUT2D eigenvalue weighted by molar-refractivity contribution is 6.03. The Balaban J connectivity index is 1.28. The van der Waals surface area contributed by atoms with Crippen molar-refractivity contribution in [3.05, 3.63) is 66.0 Å². The number of amides is 1. The number of nitrogens with one attached hydrogen (secondary N) is 2. The second-order valence-corrected chi connectivity index (χ2v) is 9.06. The van der Waals surface area contributed by atoms with Gasteiger partial charge in [-0.25, -0.2) is 4.98 Å². The maximum atomic E-state index is 13.1. The van der Waals surface area contributed by atoms with Crippen molar-refractivity contribution in [3.8, 4) is 22.8 Å². The van der Waals surface area contributed by atoms with Crippen LogP contribution in [0.25, 0.3) is 11.3 Å². The summed E-state index contributed by atoms with van der Waals surface area (Å²) in [6, 6.07) is 16.5. The lowest BCUT2D eigenvalue weighted by atomic mass is 10.1. The number of hydrogen-bond acceptors (Lipinski definition) is 9. The fraction of sp³-hybridized carbons (Fsp3) is 0.286. The molecule has 0 unspecified atom stereocenters. The second-order valence-electron chi connectivity index (χ2n) is 9.06. The van der Waals surface area contributed by atoms with Gasteiger partial charge in [0.05, 0.1) is 33.1 Å². The molecule has 2 aromatic carbocycles. The fourth-order valence-corrected chi connectivity index (χ4v) is 4.33. The monoisotopic (exact) mass is 529 g/mol. The summed E-state index contributed by atoms with van der Waals surface area (Å²) >= 11 is 0. The Morgan fingerprint density at radius 2 is 1.69 bits per heavy atom. The van der Waals surface area contributed by atoms with E-state index in [4.69, 9.17) is 14.2 Å². The largest absolute Gasteiger partial charge is 0.497 e. The van der Waals surface area contributed by atoms with Gasteiger partial charge in [0.2, 0.25) is 5.95 Å². The number of methoxy groups -OCH3 is 2. The van der Waals surface area contributed by atoms with Crippen LogP contribution in [0.15, 0.2) is 54.6 Å². The predicted molar refractivity (Wildman–Crippen MR) is 149 cm³/mol. The number of nitrogens with zero attached hydrogens (tertiary/aromatic N) is 5. The SMILES string of the molecule is COc1ccc(OC)c(-c2cc(C(=O)Nc3ccc(Nc4cc(C)nc(N5CCOCC5)n4)cc3)n(C)n2)c1. The third-order valence-electron chi connectivity index (χ3n) is 6.35.